The maximum Gasteiger partial charge on any atom is 0.250 e. The molecule has 0 unspecified atom stereocenters. The van der Waals surface area contributed by atoms with Gasteiger partial charge in [-0.1, -0.05) is 29.8 Å². The van der Waals surface area contributed by atoms with Gasteiger partial charge in [-0.05, 0) is 49.6 Å². The number of hydrogen-bond donors (Lipinski definition) is 1. The van der Waals surface area contributed by atoms with Crippen LogP contribution in [0.15, 0.2) is 36.4 Å². The van der Waals surface area contributed by atoms with Crippen LogP contribution in [-0.4, -0.2) is 60.9 Å². The monoisotopic (exact) mass is 495 g/mol. The lowest BCUT2D eigenvalue weighted by Gasteiger charge is -2.36. The van der Waals surface area contributed by atoms with Gasteiger partial charge in [0.25, 0.3) is 5.91 Å². The molecule has 4 aliphatic heterocycles. The molecule has 3 saturated heterocycles. The van der Waals surface area contributed by atoms with Crippen molar-refractivity contribution in [2.45, 2.75) is 30.8 Å². The van der Waals surface area contributed by atoms with Crippen LogP contribution in [-0.2, 0) is 26.3 Å². The molecule has 4 atom stereocenters. The summed E-state index contributed by atoms with van der Waals surface area (Å²) in [6.07, 6.45) is 2.15. The van der Waals surface area contributed by atoms with Gasteiger partial charge in [0.05, 0.1) is 36.8 Å². The summed E-state index contributed by atoms with van der Waals surface area (Å²) in [5, 5.41) is 3.37. The third-order valence-corrected chi connectivity index (χ3v) is 8.46. The van der Waals surface area contributed by atoms with Crippen molar-refractivity contribution >= 4 is 35.0 Å². The number of anilines is 1. The molecule has 2 aromatic rings. The maximum atomic E-state index is 13.9. The van der Waals surface area contributed by atoms with E-state index in [1.165, 1.54) is 4.90 Å². The molecule has 6 rings (SSSR count). The van der Waals surface area contributed by atoms with Crippen LogP contribution in [0.2, 0.25) is 5.02 Å². The van der Waals surface area contributed by atoms with Crippen LogP contribution in [0.5, 0.6) is 11.5 Å². The highest BCUT2D eigenvalue weighted by Crippen LogP contribution is 2.61. The Morgan fingerprint density at radius 3 is 2.66 bits per heavy atom. The van der Waals surface area contributed by atoms with Gasteiger partial charge in [-0.2, -0.15) is 0 Å². The minimum atomic E-state index is -1.20. The molecular weight excluding hydrogens is 470 g/mol. The number of nitrogens with zero attached hydrogens (tertiary/aromatic N) is 2. The number of likely N-dealkylation sites (tertiary alicyclic amines) is 1. The molecule has 35 heavy (non-hydrogen) atoms. The Labute approximate surface area is 208 Å². The number of rotatable bonds is 5. The van der Waals surface area contributed by atoms with Crippen molar-refractivity contribution in [3.05, 3.63) is 52.5 Å². The summed E-state index contributed by atoms with van der Waals surface area (Å²) in [6, 6.07) is 10.8. The van der Waals surface area contributed by atoms with Gasteiger partial charge in [0.15, 0.2) is 11.5 Å². The van der Waals surface area contributed by atoms with Crippen molar-refractivity contribution in [1.29, 1.82) is 0 Å². The highest BCUT2D eigenvalue weighted by atomic mass is 35.5. The van der Waals surface area contributed by atoms with Crippen LogP contribution >= 0.6 is 11.6 Å². The topological polar surface area (TPSA) is 88.2 Å². The number of hydrogen-bond acceptors (Lipinski definition) is 6. The SMILES string of the molecule is COc1ccc(CCN2C(=O)[C@@H]3[C@H]4CCCN4[C@]4(C(=O)Nc5c(Cl)cccc54)[C@@H]3C2=O)cc1OC. The number of fused-ring (bicyclic) bond motifs is 7. The summed E-state index contributed by atoms with van der Waals surface area (Å²) in [5.41, 5.74) is 0.983. The quantitative estimate of drug-likeness (QED) is 0.642. The van der Waals surface area contributed by atoms with Crippen LogP contribution in [0, 0.1) is 11.8 Å². The van der Waals surface area contributed by atoms with E-state index < -0.39 is 17.4 Å². The largest absolute Gasteiger partial charge is 0.493 e. The Morgan fingerprint density at radius 2 is 1.89 bits per heavy atom. The molecular formula is C26H26ClN3O5. The maximum absolute atomic E-state index is 13.9. The van der Waals surface area contributed by atoms with Gasteiger partial charge in [0, 0.05) is 18.2 Å². The molecule has 0 aliphatic carbocycles. The second kappa shape index (κ2) is 7.96. The predicted molar refractivity (Wildman–Crippen MR) is 128 cm³/mol. The lowest BCUT2D eigenvalue weighted by atomic mass is 9.75. The molecule has 1 spiro atoms. The number of carbonyl (C=O) groups is 3. The molecule has 0 radical (unpaired) electrons. The Balaban J connectivity index is 1.35. The third kappa shape index (κ3) is 2.87. The van der Waals surface area contributed by atoms with E-state index in [9.17, 15) is 14.4 Å². The molecule has 0 saturated carbocycles. The van der Waals surface area contributed by atoms with E-state index >= 15 is 0 Å². The first kappa shape index (κ1) is 22.4. The number of ether oxygens (including phenoxy) is 2. The van der Waals surface area contributed by atoms with E-state index in [1.807, 2.05) is 24.3 Å². The molecule has 2 aromatic carbocycles. The number of carbonyl (C=O) groups excluding carboxylic acids is 3. The number of amides is 3. The highest BCUT2D eigenvalue weighted by molar-refractivity contribution is 6.35. The van der Waals surface area contributed by atoms with Gasteiger partial charge in [0.1, 0.15) is 5.54 Å². The van der Waals surface area contributed by atoms with E-state index in [-0.39, 0.29) is 30.3 Å². The zero-order chi connectivity index (χ0) is 24.5. The number of methoxy groups -OCH3 is 2. The van der Waals surface area contributed by atoms with Crippen LogP contribution in [0.3, 0.4) is 0 Å². The van der Waals surface area contributed by atoms with Gasteiger partial charge >= 0.3 is 0 Å². The van der Waals surface area contributed by atoms with E-state index in [0.717, 1.165) is 18.4 Å². The van der Waals surface area contributed by atoms with Gasteiger partial charge in [-0.25, -0.2) is 0 Å². The molecule has 4 aliphatic rings. The van der Waals surface area contributed by atoms with E-state index in [2.05, 4.69) is 10.2 Å². The summed E-state index contributed by atoms with van der Waals surface area (Å²) < 4.78 is 10.7. The fourth-order valence-corrected chi connectivity index (χ4v) is 6.97. The van der Waals surface area contributed by atoms with Gasteiger partial charge in [-0.15, -0.1) is 0 Å². The Kier molecular flexibility index (Phi) is 5.09. The molecule has 9 heteroatoms. The smallest absolute Gasteiger partial charge is 0.250 e. The van der Waals surface area contributed by atoms with E-state index in [1.54, 1.807) is 26.4 Å². The summed E-state index contributed by atoms with van der Waals surface area (Å²) >= 11 is 6.43. The van der Waals surface area contributed by atoms with Crippen molar-refractivity contribution in [1.82, 2.24) is 9.80 Å². The van der Waals surface area contributed by atoms with Crippen molar-refractivity contribution in [3.8, 4) is 11.5 Å². The van der Waals surface area contributed by atoms with Gasteiger partial charge < -0.3 is 14.8 Å². The lowest BCUT2D eigenvalue weighted by molar-refractivity contribution is -0.145. The molecule has 8 nitrogen and oxygen atoms in total. The number of para-hydroxylation sites is 1. The first-order valence-electron chi connectivity index (χ1n) is 11.9. The molecule has 0 aromatic heterocycles. The van der Waals surface area contributed by atoms with Crippen LogP contribution < -0.4 is 14.8 Å². The summed E-state index contributed by atoms with van der Waals surface area (Å²) in [6.45, 7) is 0.913. The summed E-state index contributed by atoms with van der Waals surface area (Å²) in [5.74, 6) is -0.806. The molecule has 182 valence electrons. The number of halogens is 1. The molecule has 4 heterocycles. The van der Waals surface area contributed by atoms with Crippen molar-refractivity contribution in [3.63, 3.8) is 0 Å². The Hall–Kier alpha value is -3.10. The highest BCUT2D eigenvalue weighted by Gasteiger charge is 2.74. The molecule has 0 bridgehead atoms. The lowest BCUT2D eigenvalue weighted by Crippen LogP contribution is -2.54. The minimum absolute atomic E-state index is 0.141. The summed E-state index contributed by atoms with van der Waals surface area (Å²) in [7, 11) is 3.14. The second-order valence-corrected chi connectivity index (χ2v) is 9.96. The zero-order valence-corrected chi connectivity index (χ0v) is 20.3. The van der Waals surface area contributed by atoms with Crippen LogP contribution in [0.4, 0.5) is 5.69 Å². The average molecular weight is 496 g/mol. The standard InChI is InChI=1S/C26H26ClN3O5/c1-34-18-9-8-14(13-19(18)35-2)10-12-29-23(31)20-17-7-4-11-30(17)26(21(20)24(29)32)15-5-3-6-16(27)22(15)28-25(26)33/h3,5-6,8-9,13,17,20-21H,4,7,10-12H2,1-2H3,(H,28,33)/t17-,20-,21+,26+/m1/s1. The predicted octanol–water partition coefficient (Wildman–Crippen LogP) is 2.83. The fourth-order valence-electron chi connectivity index (χ4n) is 6.75. The third-order valence-electron chi connectivity index (χ3n) is 8.14. The first-order valence-corrected chi connectivity index (χ1v) is 12.2. The number of benzene rings is 2. The number of imide groups is 1. The molecule has 1 N–H and O–H groups in total. The fraction of sp³-hybridized carbons (Fsp3) is 0.423. The average Bonchev–Trinajstić information content (AvgIpc) is 3.57. The molecule has 3 amide bonds. The van der Waals surface area contributed by atoms with Crippen LogP contribution in [0.1, 0.15) is 24.0 Å². The normalized spacial score (nSPS) is 28.9. The van der Waals surface area contributed by atoms with Crippen molar-refractivity contribution in [2.24, 2.45) is 11.8 Å². The Morgan fingerprint density at radius 1 is 1.09 bits per heavy atom. The zero-order valence-electron chi connectivity index (χ0n) is 19.5. The second-order valence-electron chi connectivity index (χ2n) is 9.56. The van der Waals surface area contributed by atoms with Crippen molar-refractivity contribution in [2.75, 3.05) is 32.6 Å². The number of nitrogens with one attached hydrogen (secondary N) is 1. The minimum Gasteiger partial charge on any atom is -0.493 e. The van der Waals surface area contributed by atoms with Gasteiger partial charge in [-0.3, -0.25) is 24.2 Å². The Bertz CT molecular complexity index is 1270. The van der Waals surface area contributed by atoms with E-state index in [4.69, 9.17) is 21.1 Å². The van der Waals surface area contributed by atoms with Gasteiger partial charge in [0.2, 0.25) is 11.8 Å². The first-order chi connectivity index (χ1) is 16.9. The van der Waals surface area contributed by atoms with E-state index in [0.29, 0.717) is 40.7 Å². The molecule has 3 fully saturated rings. The van der Waals surface area contributed by atoms with Crippen LogP contribution in [0.25, 0.3) is 0 Å². The van der Waals surface area contributed by atoms with Crippen molar-refractivity contribution < 1.29 is 23.9 Å². The summed E-state index contributed by atoms with van der Waals surface area (Å²) in [4.78, 5) is 44.7.